The van der Waals surface area contributed by atoms with Gasteiger partial charge < -0.3 is 19.8 Å². The van der Waals surface area contributed by atoms with Crippen LogP contribution in [0, 0.1) is 6.92 Å². The summed E-state index contributed by atoms with van der Waals surface area (Å²) >= 11 is 1.43. The number of nitrogens with zero attached hydrogens (tertiary/aromatic N) is 1. The van der Waals surface area contributed by atoms with Crippen molar-refractivity contribution in [1.29, 1.82) is 0 Å². The Morgan fingerprint density at radius 3 is 2.61 bits per heavy atom. The highest BCUT2D eigenvalue weighted by molar-refractivity contribution is 7.98. The van der Waals surface area contributed by atoms with E-state index in [1.165, 1.54) is 17.3 Å². The molecule has 3 aromatic rings. The number of ether oxygens (including phenoxy) is 2. The van der Waals surface area contributed by atoms with Crippen LogP contribution < -0.4 is 20.3 Å². The number of nitrogens with one attached hydrogen (secondary N) is 2. The second-order valence-electron chi connectivity index (χ2n) is 7.79. The largest absolute Gasteiger partial charge is 0.490 e. The van der Waals surface area contributed by atoms with Crippen molar-refractivity contribution >= 4 is 23.5 Å². The zero-order valence-corrected chi connectivity index (χ0v) is 19.8. The average molecular weight is 466 g/mol. The van der Waals surface area contributed by atoms with Crippen LogP contribution in [0.25, 0.3) is 0 Å². The van der Waals surface area contributed by atoms with Gasteiger partial charge in [0.2, 0.25) is 5.91 Å². The van der Waals surface area contributed by atoms with E-state index in [2.05, 4.69) is 21.4 Å². The van der Waals surface area contributed by atoms with Crippen molar-refractivity contribution < 1.29 is 14.3 Å². The van der Waals surface area contributed by atoms with E-state index in [1.807, 2.05) is 57.2 Å². The Labute approximate surface area is 196 Å². The summed E-state index contributed by atoms with van der Waals surface area (Å²) in [7, 11) is 0. The Bertz CT molecular complexity index is 1220. The van der Waals surface area contributed by atoms with Crippen molar-refractivity contribution in [3.8, 4) is 11.5 Å². The van der Waals surface area contributed by atoms with Gasteiger partial charge in [-0.2, -0.15) is 0 Å². The number of hydrogen-bond donors (Lipinski definition) is 2. The van der Waals surface area contributed by atoms with E-state index in [-0.39, 0.29) is 17.9 Å². The maximum Gasteiger partial charge on any atom is 0.257 e. The number of fused-ring (bicyclic) bond motifs is 1. The maximum absolute atomic E-state index is 13.1. The van der Waals surface area contributed by atoms with E-state index < -0.39 is 5.92 Å². The quantitative estimate of drug-likeness (QED) is 0.372. The lowest BCUT2D eigenvalue weighted by Gasteiger charge is -2.25. The molecular weight excluding hydrogens is 438 g/mol. The van der Waals surface area contributed by atoms with E-state index in [0.717, 1.165) is 11.1 Å². The number of H-pyrrole nitrogens is 1. The first-order valence-electron chi connectivity index (χ1n) is 11.0. The fourth-order valence-electron chi connectivity index (χ4n) is 3.94. The van der Waals surface area contributed by atoms with Crippen molar-refractivity contribution in [3.63, 3.8) is 0 Å². The molecule has 1 atom stereocenters. The number of aromatic amines is 1. The number of hydrogen-bond acceptors (Lipinski definition) is 6. The molecule has 8 heteroatoms. The molecule has 33 heavy (non-hydrogen) atoms. The molecule has 1 aromatic heterocycles. The van der Waals surface area contributed by atoms with Crippen molar-refractivity contribution in [1.82, 2.24) is 9.97 Å². The lowest BCUT2D eigenvalue weighted by molar-refractivity contribution is -0.116. The first kappa shape index (κ1) is 22.9. The van der Waals surface area contributed by atoms with Crippen molar-refractivity contribution in [2.45, 2.75) is 44.0 Å². The average Bonchev–Trinajstić information content (AvgIpc) is 2.78. The number of aromatic nitrogens is 2. The Morgan fingerprint density at radius 2 is 1.85 bits per heavy atom. The fraction of sp³-hybridized carbons (Fsp3) is 0.320. The van der Waals surface area contributed by atoms with Gasteiger partial charge in [-0.1, -0.05) is 47.7 Å². The number of carbonyl (C=O) groups is 1. The highest BCUT2D eigenvalue weighted by Gasteiger charge is 2.31. The Hall–Kier alpha value is -3.26. The Kier molecular flexibility index (Phi) is 7.03. The molecule has 2 heterocycles. The van der Waals surface area contributed by atoms with Gasteiger partial charge in [-0.25, -0.2) is 4.98 Å². The monoisotopic (exact) mass is 465 g/mol. The van der Waals surface area contributed by atoms with Crippen LogP contribution in [-0.4, -0.2) is 29.1 Å². The number of carbonyl (C=O) groups excluding carboxylic acids is 1. The van der Waals surface area contributed by atoms with E-state index in [1.54, 1.807) is 0 Å². The first-order valence-corrected chi connectivity index (χ1v) is 12.0. The van der Waals surface area contributed by atoms with Crippen LogP contribution in [0.3, 0.4) is 0 Å². The second kappa shape index (κ2) is 10.1. The van der Waals surface area contributed by atoms with Crippen molar-refractivity contribution in [3.05, 3.63) is 75.1 Å². The van der Waals surface area contributed by atoms with Crippen LogP contribution in [0.5, 0.6) is 11.5 Å². The molecule has 2 N–H and O–H groups in total. The minimum absolute atomic E-state index is 0.160. The lowest BCUT2D eigenvalue weighted by atomic mass is 9.86. The third-order valence-electron chi connectivity index (χ3n) is 5.36. The summed E-state index contributed by atoms with van der Waals surface area (Å²) in [6, 6.07) is 13.7. The van der Waals surface area contributed by atoms with E-state index in [0.29, 0.717) is 47.0 Å². The third-order valence-corrected chi connectivity index (χ3v) is 6.30. The molecule has 0 aliphatic carbocycles. The summed E-state index contributed by atoms with van der Waals surface area (Å²) in [6.45, 7) is 6.85. The smallest absolute Gasteiger partial charge is 0.257 e. The van der Waals surface area contributed by atoms with Gasteiger partial charge in [-0.3, -0.25) is 9.59 Å². The van der Waals surface area contributed by atoms with Gasteiger partial charge >= 0.3 is 0 Å². The SMILES string of the molecule is CCOc1ccc([C@H]2CC(=O)Nc3nc(SCc4cccc(C)c4)[nH]c(=O)c32)cc1OCC. The zero-order chi connectivity index (χ0) is 23.4. The number of benzene rings is 2. The van der Waals surface area contributed by atoms with Crippen LogP contribution in [0.2, 0.25) is 0 Å². The third kappa shape index (κ3) is 5.22. The number of amides is 1. The molecule has 0 unspecified atom stereocenters. The van der Waals surface area contributed by atoms with Gasteiger partial charge in [-0.15, -0.1) is 0 Å². The van der Waals surface area contributed by atoms with E-state index in [4.69, 9.17) is 9.47 Å². The van der Waals surface area contributed by atoms with Crippen LogP contribution in [0.4, 0.5) is 5.82 Å². The highest BCUT2D eigenvalue weighted by atomic mass is 32.2. The molecule has 0 saturated heterocycles. The molecule has 0 saturated carbocycles. The predicted molar refractivity (Wildman–Crippen MR) is 129 cm³/mol. The molecule has 172 valence electrons. The lowest BCUT2D eigenvalue weighted by Crippen LogP contribution is -2.31. The van der Waals surface area contributed by atoms with Gasteiger partial charge in [0.05, 0.1) is 18.8 Å². The molecule has 0 radical (unpaired) electrons. The first-order chi connectivity index (χ1) is 16.0. The molecule has 7 nitrogen and oxygen atoms in total. The minimum Gasteiger partial charge on any atom is -0.490 e. The Balaban J connectivity index is 1.65. The van der Waals surface area contributed by atoms with Crippen LogP contribution in [0.1, 0.15) is 48.4 Å². The van der Waals surface area contributed by atoms with E-state index in [9.17, 15) is 9.59 Å². The van der Waals surface area contributed by atoms with Crippen LogP contribution in [0.15, 0.2) is 52.4 Å². The second-order valence-corrected chi connectivity index (χ2v) is 8.75. The standard InChI is InChI=1S/C25H27N3O4S/c1-4-31-19-10-9-17(12-20(19)32-5-2)18-13-21(29)26-23-22(18)24(30)28-25(27-23)33-14-16-8-6-7-15(3)11-16/h6-12,18H,4-5,13-14H2,1-3H3,(H2,26,27,28,29,30)/t18-/m1/s1. The number of anilines is 1. The summed E-state index contributed by atoms with van der Waals surface area (Å²) in [6.07, 6.45) is 0.160. The summed E-state index contributed by atoms with van der Waals surface area (Å²) in [4.78, 5) is 33.1. The topological polar surface area (TPSA) is 93.3 Å². The van der Waals surface area contributed by atoms with Gasteiger partial charge in [0.25, 0.3) is 5.56 Å². The zero-order valence-electron chi connectivity index (χ0n) is 18.9. The van der Waals surface area contributed by atoms with Crippen LogP contribution in [-0.2, 0) is 10.5 Å². The molecule has 0 bridgehead atoms. The van der Waals surface area contributed by atoms with Crippen molar-refractivity contribution in [2.24, 2.45) is 0 Å². The normalized spacial score (nSPS) is 15.0. The molecule has 2 aromatic carbocycles. The van der Waals surface area contributed by atoms with Crippen LogP contribution >= 0.6 is 11.8 Å². The minimum atomic E-state index is -0.421. The number of thioether (sulfide) groups is 1. The molecule has 1 aliphatic rings. The summed E-state index contributed by atoms with van der Waals surface area (Å²) in [5.41, 5.74) is 3.34. The molecule has 0 spiro atoms. The number of rotatable bonds is 8. The fourth-order valence-corrected chi connectivity index (χ4v) is 4.75. The summed E-state index contributed by atoms with van der Waals surface area (Å²) in [5.74, 6) is 1.62. The maximum atomic E-state index is 13.1. The molecule has 1 aliphatic heterocycles. The summed E-state index contributed by atoms with van der Waals surface area (Å²) < 4.78 is 11.4. The van der Waals surface area contributed by atoms with Gasteiger partial charge in [0.1, 0.15) is 5.82 Å². The Morgan fingerprint density at radius 1 is 1.06 bits per heavy atom. The van der Waals surface area contributed by atoms with E-state index >= 15 is 0 Å². The molecular formula is C25H27N3O4S. The summed E-state index contributed by atoms with van der Waals surface area (Å²) in [5, 5.41) is 3.26. The van der Waals surface area contributed by atoms with Gasteiger partial charge in [0, 0.05) is 18.1 Å². The predicted octanol–water partition coefficient (Wildman–Crippen LogP) is 4.64. The molecule has 0 fully saturated rings. The van der Waals surface area contributed by atoms with Gasteiger partial charge in [0.15, 0.2) is 16.7 Å². The highest BCUT2D eigenvalue weighted by Crippen LogP contribution is 2.38. The molecule has 4 rings (SSSR count). The number of aryl methyl sites for hydroxylation is 1. The van der Waals surface area contributed by atoms with Gasteiger partial charge in [-0.05, 0) is 44.0 Å². The molecule has 1 amide bonds. The van der Waals surface area contributed by atoms with Crippen molar-refractivity contribution in [2.75, 3.05) is 18.5 Å².